The Kier molecular flexibility index (Phi) is 6.73. The fourth-order valence-electron chi connectivity index (χ4n) is 2.33. The van der Waals surface area contributed by atoms with Crippen molar-refractivity contribution < 1.29 is 9.59 Å². The highest BCUT2D eigenvalue weighted by atomic mass is 79.9. The number of anilines is 1. The van der Waals surface area contributed by atoms with Crippen LogP contribution in [0.2, 0.25) is 0 Å². The summed E-state index contributed by atoms with van der Waals surface area (Å²) in [7, 11) is 0. The Morgan fingerprint density at radius 1 is 0.786 bits per heavy atom. The fraction of sp³-hybridized carbons (Fsp3) is 0. The van der Waals surface area contributed by atoms with Crippen molar-refractivity contribution >= 4 is 55.6 Å². The average Bonchev–Trinajstić information content (AvgIpc) is 2.69. The molecule has 7 heteroatoms. The van der Waals surface area contributed by atoms with Crippen LogP contribution in [0.1, 0.15) is 26.3 Å². The molecule has 3 aromatic rings. The van der Waals surface area contributed by atoms with Gasteiger partial charge in [-0.3, -0.25) is 9.59 Å². The van der Waals surface area contributed by atoms with Gasteiger partial charge >= 0.3 is 0 Å². The van der Waals surface area contributed by atoms with Crippen molar-refractivity contribution in [2.45, 2.75) is 0 Å². The van der Waals surface area contributed by atoms with Gasteiger partial charge < -0.3 is 5.32 Å². The first kappa shape index (κ1) is 20.0. The van der Waals surface area contributed by atoms with Crippen molar-refractivity contribution in [3.8, 4) is 0 Å². The van der Waals surface area contributed by atoms with Crippen molar-refractivity contribution in [1.29, 1.82) is 0 Å². The van der Waals surface area contributed by atoms with Crippen molar-refractivity contribution in [2.75, 3.05) is 5.32 Å². The SMILES string of the molecule is O=C(NN=Cc1cccc(Br)c1)c1ccc(NC(=O)c2ccc(Br)cc2)cc1. The van der Waals surface area contributed by atoms with Gasteiger partial charge in [0, 0.05) is 25.8 Å². The van der Waals surface area contributed by atoms with E-state index in [1.54, 1.807) is 54.7 Å². The summed E-state index contributed by atoms with van der Waals surface area (Å²) >= 11 is 6.72. The Labute approximate surface area is 179 Å². The van der Waals surface area contributed by atoms with Crippen molar-refractivity contribution in [3.63, 3.8) is 0 Å². The molecular formula is C21H15Br2N3O2. The minimum atomic E-state index is -0.336. The molecule has 0 atom stereocenters. The van der Waals surface area contributed by atoms with Gasteiger partial charge in [-0.1, -0.05) is 44.0 Å². The summed E-state index contributed by atoms with van der Waals surface area (Å²) in [5.41, 5.74) is 4.93. The third-order valence-corrected chi connectivity index (χ3v) is 4.76. The second-order valence-corrected chi connectivity index (χ2v) is 7.62. The van der Waals surface area contributed by atoms with Crippen LogP contribution in [0.3, 0.4) is 0 Å². The van der Waals surface area contributed by atoms with Gasteiger partial charge in [0.1, 0.15) is 0 Å². The second kappa shape index (κ2) is 9.43. The van der Waals surface area contributed by atoms with Crippen LogP contribution in [0.25, 0.3) is 0 Å². The Morgan fingerprint density at radius 3 is 2.11 bits per heavy atom. The van der Waals surface area contributed by atoms with E-state index in [2.05, 4.69) is 47.7 Å². The van der Waals surface area contributed by atoms with Crippen LogP contribution in [0.4, 0.5) is 5.69 Å². The molecule has 0 saturated carbocycles. The first-order valence-corrected chi connectivity index (χ1v) is 9.86. The van der Waals surface area contributed by atoms with E-state index in [1.807, 2.05) is 24.3 Å². The molecule has 5 nitrogen and oxygen atoms in total. The van der Waals surface area contributed by atoms with Gasteiger partial charge in [-0.05, 0) is 66.2 Å². The number of benzene rings is 3. The fourth-order valence-corrected chi connectivity index (χ4v) is 3.01. The Balaban J connectivity index is 1.58. The molecule has 0 aliphatic rings. The number of hydrogen-bond donors (Lipinski definition) is 2. The topological polar surface area (TPSA) is 70.6 Å². The third-order valence-electron chi connectivity index (χ3n) is 3.74. The Morgan fingerprint density at radius 2 is 1.43 bits per heavy atom. The van der Waals surface area contributed by atoms with E-state index in [9.17, 15) is 9.59 Å². The number of nitrogens with one attached hydrogen (secondary N) is 2. The molecule has 0 bridgehead atoms. The molecule has 2 amide bonds. The number of halogens is 2. The molecule has 0 aromatic heterocycles. The lowest BCUT2D eigenvalue weighted by Crippen LogP contribution is -2.17. The standard InChI is InChI=1S/C21H15Br2N3O2/c22-17-8-4-15(5-9-17)20(27)25-19-10-6-16(7-11-19)21(28)26-24-13-14-2-1-3-18(23)12-14/h1-13H,(H,25,27)(H,26,28). The van der Waals surface area contributed by atoms with E-state index in [-0.39, 0.29) is 11.8 Å². The van der Waals surface area contributed by atoms with Gasteiger partial charge in [0.2, 0.25) is 0 Å². The lowest BCUT2D eigenvalue weighted by Gasteiger charge is -2.06. The van der Waals surface area contributed by atoms with Crippen LogP contribution in [-0.4, -0.2) is 18.0 Å². The highest BCUT2D eigenvalue weighted by Crippen LogP contribution is 2.14. The van der Waals surface area contributed by atoms with Gasteiger partial charge in [0.15, 0.2) is 0 Å². The molecule has 0 saturated heterocycles. The zero-order valence-corrected chi connectivity index (χ0v) is 17.7. The molecule has 3 rings (SSSR count). The van der Waals surface area contributed by atoms with E-state index < -0.39 is 0 Å². The normalized spacial score (nSPS) is 10.6. The summed E-state index contributed by atoms with van der Waals surface area (Å²) in [4.78, 5) is 24.4. The predicted octanol–water partition coefficient (Wildman–Crippen LogP) is 5.23. The van der Waals surface area contributed by atoms with E-state index in [0.717, 1.165) is 14.5 Å². The molecule has 0 unspecified atom stereocenters. The number of amides is 2. The van der Waals surface area contributed by atoms with Crippen LogP contribution >= 0.6 is 31.9 Å². The number of hydrogen-bond acceptors (Lipinski definition) is 3. The van der Waals surface area contributed by atoms with Gasteiger partial charge in [-0.2, -0.15) is 5.10 Å². The molecule has 3 aromatic carbocycles. The van der Waals surface area contributed by atoms with Crippen LogP contribution in [0.15, 0.2) is 86.8 Å². The number of nitrogens with zero attached hydrogens (tertiary/aromatic N) is 1. The van der Waals surface area contributed by atoms with Gasteiger partial charge in [0.25, 0.3) is 11.8 Å². The molecule has 0 radical (unpaired) electrons. The summed E-state index contributed by atoms with van der Waals surface area (Å²) in [6.07, 6.45) is 1.56. The molecule has 0 spiro atoms. The highest BCUT2D eigenvalue weighted by molar-refractivity contribution is 9.10. The number of rotatable bonds is 5. The monoisotopic (exact) mass is 499 g/mol. The first-order valence-electron chi connectivity index (χ1n) is 8.27. The maximum Gasteiger partial charge on any atom is 0.271 e. The lowest BCUT2D eigenvalue weighted by atomic mass is 10.1. The Hall–Kier alpha value is -2.77. The number of carbonyl (C=O) groups excluding carboxylic acids is 2. The van der Waals surface area contributed by atoms with E-state index in [0.29, 0.717) is 16.8 Å². The maximum atomic E-state index is 12.2. The molecular weight excluding hydrogens is 486 g/mol. The average molecular weight is 501 g/mol. The quantitative estimate of drug-likeness (QED) is 0.372. The zero-order valence-electron chi connectivity index (χ0n) is 14.5. The molecule has 28 heavy (non-hydrogen) atoms. The number of hydrazone groups is 1. The maximum absolute atomic E-state index is 12.2. The summed E-state index contributed by atoms with van der Waals surface area (Å²) in [6.45, 7) is 0. The Bertz CT molecular complexity index is 1020. The summed E-state index contributed by atoms with van der Waals surface area (Å²) in [5, 5.41) is 6.75. The molecule has 0 aliphatic heterocycles. The smallest absolute Gasteiger partial charge is 0.271 e. The van der Waals surface area contributed by atoms with E-state index in [1.165, 1.54) is 0 Å². The number of carbonyl (C=O) groups is 2. The first-order chi connectivity index (χ1) is 13.5. The molecule has 0 aliphatic carbocycles. The van der Waals surface area contributed by atoms with E-state index in [4.69, 9.17) is 0 Å². The summed E-state index contributed by atoms with van der Waals surface area (Å²) in [6, 6.07) is 21.2. The minimum absolute atomic E-state index is 0.219. The molecule has 0 fully saturated rings. The summed E-state index contributed by atoms with van der Waals surface area (Å²) in [5.74, 6) is -0.555. The van der Waals surface area contributed by atoms with Crippen LogP contribution in [-0.2, 0) is 0 Å². The largest absolute Gasteiger partial charge is 0.322 e. The molecule has 0 heterocycles. The van der Waals surface area contributed by atoms with Gasteiger partial charge in [-0.25, -0.2) is 5.43 Å². The highest BCUT2D eigenvalue weighted by Gasteiger charge is 2.08. The summed E-state index contributed by atoms with van der Waals surface area (Å²) < 4.78 is 1.84. The zero-order chi connectivity index (χ0) is 19.9. The minimum Gasteiger partial charge on any atom is -0.322 e. The van der Waals surface area contributed by atoms with Crippen LogP contribution in [0, 0.1) is 0 Å². The molecule has 140 valence electrons. The van der Waals surface area contributed by atoms with Gasteiger partial charge in [-0.15, -0.1) is 0 Å². The molecule has 2 N–H and O–H groups in total. The predicted molar refractivity (Wildman–Crippen MR) is 118 cm³/mol. The van der Waals surface area contributed by atoms with Crippen molar-refractivity contribution in [1.82, 2.24) is 5.43 Å². The van der Waals surface area contributed by atoms with Crippen LogP contribution < -0.4 is 10.7 Å². The second-order valence-electron chi connectivity index (χ2n) is 5.79. The van der Waals surface area contributed by atoms with Crippen molar-refractivity contribution in [3.05, 3.63) is 98.4 Å². The van der Waals surface area contributed by atoms with Crippen molar-refractivity contribution in [2.24, 2.45) is 5.10 Å². The van der Waals surface area contributed by atoms with E-state index >= 15 is 0 Å². The van der Waals surface area contributed by atoms with Crippen LogP contribution in [0.5, 0.6) is 0 Å². The van der Waals surface area contributed by atoms with Gasteiger partial charge in [0.05, 0.1) is 6.21 Å². The third kappa shape index (κ3) is 5.61. The lowest BCUT2D eigenvalue weighted by molar-refractivity contribution is 0.0954.